The van der Waals surface area contributed by atoms with Crippen molar-refractivity contribution >= 4 is 29.1 Å². The molecule has 0 amide bonds. The first kappa shape index (κ1) is 16.9. The molecule has 6 nitrogen and oxygen atoms in total. The van der Waals surface area contributed by atoms with E-state index in [1.54, 1.807) is 20.3 Å². The number of H-pyrrole nitrogens is 1. The van der Waals surface area contributed by atoms with Gasteiger partial charge in [0.05, 0.1) is 32.3 Å². The summed E-state index contributed by atoms with van der Waals surface area (Å²) in [6, 6.07) is 5.55. The fraction of sp³-hybridized carbons (Fsp3) is 0.375. The molecule has 0 fully saturated rings. The maximum Gasteiger partial charge on any atom is 0.310 e. The largest absolute Gasteiger partial charge is 0.493 e. The number of hydrogen-bond acceptors (Lipinski definition) is 7. The molecule has 1 aromatic heterocycles. The molecular weight excluding hydrogens is 350 g/mol. The Kier molecular flexibility index (Phi) is 4.86. The van der Waals surface area contributed by atoms with E-state index in [9.17, 15) is 9.59 Å². The number of carbonyl (C=O) groups excluding carboxylic acids is 1. The molecule has 1 N–H and O–H groups in total. The van der Waals surface area contributed by atoms with E-state index < -0.39 is 0 Å². The van der Waals surface area contributed by atoms with Gasteiger partial charge in [-0.1, -0.05) is 17.4 Å². The number of nitrogens with one attached hydrogen (secondary N) is 1. The van der Waals surface area contributed by atoms with Crippen molar-refractivity contribution in [3.63, 3.8) is 0 Å². The third-order valence-corrected chi connectivity index (χ3v) is 6.24. The number of rotatable bonds is 4. The first-order valence-electron chi connectivity index (χ1n) is 7.24. The SMILES string of the molecule is COC(=O)[C@@H]1CSc2[nH]c(=O)sc2[C@@H]1c1ccc(OC)c(OC)c1. The smallest absolute Gasteiger partial charge is 0.310 e. The van der Waals surface area contributed by atoms with Gasteiger partial charge < -0.3 is 19.2 Å². The van der Waals surface area contributed by atoms with E-state index in [0.717, 1.165) is 26.8 Å². The Morgan fingerprint density at radius 2 is 1.96 bits per heavy atom. The van der Waals surface area contributed by atoms with Crippen molar-refractivity contribution in [1.82, 2.24) is 4.98 Å². The Morgan fingerprint density at radius 3 is 2.62 bits per heavy atom. The predicted molar refractivity (Wildman–Crippen MR) is 92.6 cm³/mol. The van der Waals surface area contributed by atoms with E-state index in [2.05, 4.69) is 4.98 Å². The van der Waals surface area contributed by atoms with Crippen molar-refractivity contribution in [3.8, 4) is 11.5 Å². The number of benzene rings is 1. The molecule has 2 atom stereocenters. The lowest BCUT2D eigenvalue weighted by Crippen LogP contribution is -2.29. The number of aromatic amines is 1. The number of thiazole rings is 1. The van der Waals surface area contributed by atoms with Crippen LogP contribution in [0.2, 0.25) is 0 Å². The molecule has 0 saturated heterocycles. The Balaban J connectivity index is 2.13. The summed E-state index contributed by atoms with van der Waals surface area (Å²) in [7, 11) is 4.52. The zero-order valence-corrected chi connectivity index (χ0v) is 15.1. The average Bonchev–Trinajstić information content (AvgIpc) is 2.99. The number of esters is 1. The van der Waals surface area contributed by atoms with Gasteiger partial charge >= 0.3 is 10.8 Å². The van der Waals surface area contributed by atoms with E-state index in [1.807, 2.05) is 12.1 Å². The molecule has 128 valence electrons. The number of thioether (sulfide) groups is 1. The molecule has 0 spiro atoms. The first-order chi connectivity index (χ1) is 11.6. The summed E-state index contributed by atoms with van der Waals surface area (Å²) >= 11 is 2.61. The fourth-order valence-corrected chi connectivity index (χ4v) is 5.27. The summed E-state index contributed by atoms with van der Waals surface area (Å²) in [6.45, 7) is 0. The maximum absolute atomic E-state index is 12.3. The quantitative estimate of drug-likeness (QED) is 0.837. The topological polar surface area (TPSA) is 77.6 Å². The highest BCUT2D eigenvalue weighted by molar-refractivity contribution is 7.99. The second kappa shape index (κ2) is 6.90. The number of hydrogen-bond donors (Lipinski definition) is 1. The standard InChI is InChI=1S/C16H17NO5S2/c1-20-10-5-4-8(6-11(10)21-2)12-9(15(18)22-3)7-23-14-13(12)24-16(19)17-14/h4-6,9,12H,7H2,1-3H3,(H,17,19)/t9-,12-/m1/s1. The summed E-state index contributed by atoms with van der Waals surface area (Å²) in [5, 5.41) is 0.824. The minimum absolute atomic E-state index is 0.122. The van der Waals surface area contributed by atoms with Crippen molar-refractivity contribution in [2.75, 3.05) is 27.1 Å². The van der Waals surface area contributed by atoms with Gasteiger partial charge in [0.2, 0.25) is 0 Å². The summed E-state index contributed by atoms with van der Waals surface area (Å²) in [6.07, 6.45) is 0. The molecule has 24 heavy (non-hydrogen) atoms. The highest BCUT2D eigenvalue weighted by Gasteiger charge is 2.39. The van der Waals surface area contributed by atoms with Crippen LogP contribution in [0.3, 0.4) is 0 Å². The maximum atomic E-state index is 12.3. The van der Waals surface area contributed by atoms with Gasteiger partial charge in [0.25, 0.3) is 0 Å². The van der Waals surface area contributed by atoms with Gasteiger partial charge in [0.15, 0.2) is 11.5 Å². The first-order valence-corrected chi connectivity index (χ1v) is 9.04. The van der Waals surface area contributed by atoms with E-state index >= 15 is 0 Å². The second-order valence-electron chi connectivity index (χ2n) is 5.24. The van der Waals surface area contributed by atoms with E-state index in [4.69, 9.17) is 14.2 Å². The van der Waals surface area contributed by atoms with Crippen LogP contribution in [-0.2, 0) is 9.53 Å². The number of aromatic nitrogens is 1. The molecule has 0 saturated carbocycles. The summed E-state index contributed by atoms with van der Waals surface area (Å²) in [5.41, 5.74) is 0.889. The lowest BCUT2D eigenvalue weighted by molar-refractivity contribution is -0.145. The van der Waals surface area contributed by atoms with Gasteiger partial charge in [-0.15, -0.1) is 11.8 Å². The zero-order chi connectivity index (χ0) is 17.3. The molecule has 1 aromatic carbocycles. The molecule has 0 aliphatic carbocycles. The number of fused-ring (bicyclic) bond motifs is 1. The molecular formula is C16H17NO5S2. The van der Waals surface area contributed by atoms with Crippen LogP contribution < -0.4 is 14.3 Å². The molecule has 0 unspecified atom stereocenters. The van der Waals surface area contributed by atoms with Crippen molar-refractivity contribution < 1.29 is 19.0 Å². The van der Waals surface area contributed by atoms with Gasteiger partial charge in [-0.25, -0.2) is 0 Å². The minimum atomic E-state index is -0.364. The molecule has 0 bridgehead atoms. The number of carbonyl (C=O) groups is 1. The normalized spacial score (nSPS) is 19.5. The third-order valence-electron chi connectivity index (χ3n) is 4.00. The van der Waals surface area contributed by atoms with E-state index in [1.165, 1.54) is 18.9 Å². The van der Waals surface area contributed by atoms with Crippen LogP contribution in [0.5, 0.6) is 11.5 Å². The molecule has 3 rings (SSSR count). The second-order valence-corrected chi connectivity index (χ2v) is 7.29. The molecule has 2 heterocycles. The summed E-state index contributed by atoms with van der Waals surface area (Å²) in [4.78, 5) is 27.6. The monoisotopic (exact) mass is 367 g/mol. The van der Waals surface area contributed by atoms with Crippen molar-refractivity contribution in [3.05, 3.63) is 38.3 Å². The van der Waals surface area contributed by atoms with Gasteiger partial charge in [0.1, 0.15) is 0 Å². The summed E-state index contributed by atoms with van der Waals surface area (Å²) < 4.78 is 15.6. The van der Waals surface area contributed by atoms with Gasteiger partial charge in [-0.3, -0.25) is 9.59 Å². The van der Waals surface area contributed by atoms with Crippen LogP contribution in [0.15, 0.2) is 28.0 Å². The molecule has 0 radical (unpaired) electrons. The highest BCUT2D eigenvalue weighted by Crippen LogP contribution is 2.46. The van der Waals surface area contributed by atoms with Gasteiger partial charge in [-0.2, -0.15) is 0 Å². The van der Waals surface area contributed by atoms with Crippen LogP contribution in [0, 0.1) is 5.92 Å². The molecule has 2 aromatic rings. The van der Waals surface area contributed by atoms with Crippen molar-refractivity contribution in [2.24, 2.45) is 5.92 Å². The molecule has 1 aliphatic heterocycles. The van der Waals surface area contributed by atoms with Crippen LogP contribution in [0.4, 0.5) is 0 Å². The highest BCUT2D eigenvalue weighted by atomic mass is 32.2. The van der Waals surface area contributed by atoms with Crippen LogP contribution in [0.25, 0.3) is 0 Å². The summed E-state index contributed by atoms with van der Waals surface area (Å²) in [5.74, 6) is 0.846. The molecule has 8 heteroatoms. The van der Waals surface area contributed by atoms with Crippen molar-refractivity contribution in [2.45, 2.75) is 10.9 Å². The van der Waals surface area contributed by atoms with E-state index in [0.29, 0.717) is 17.3 Å². The lowest BCUT2D eigenvalue weighted by Gasteiger charge is -2.29. The van der Waals surface area contributed by atoms with Crippen LogP contribution in [0.1, 0.15) is 16.4 Å². The zero-order valence-electron chi connectivity index (χ0n) is 13.5. The fourth-order valence-electron chi connectivity index (χ4n) is 2.88. The minimum Gasteiger partial charge on any atom is -0.493 e. The molecule has 1 aliphatic rings. The number of ether oxygens (including phenoxy) is 3. The Labute approximate surface area is 147 Å². The Morgan fingerprint density at radius 1 is 1.21 bits per heavy atom. The van der Waals surface area contributed by atoms with E-state index in [-0.39, 0.29) is 22.7 Å². The average molecular weight is 367 g/mol. The number of methoxy groups -OCH3 is 3. The Hall–Kier alpha value is -1.93. The lowest BCUT2D eigenvalue weighted by atomic mass is 9.85. The third kappa shape index (κ3) is 2.91. The van der Waals surface area contributed by atoms with Gasteiger partial charge in [0, 0.05) is 16.5 Å². The predicted octanol–water partition coefficient (Wildman–Crippen LogP) is 2.48. The van der Waals surface area contributed by atoms with Crippen LogP contribution in [-0.4, -0.2) is 38.0 Å². The van der Waals surface area contributed by atoms with Crippen molar-refractivity contribution in [1.29, 1.82) is 0 Å². The van der Waals surface area contributed by atoms with Crippen LogP contribution >= 0.6 is 23.1 Å². The Bertz CT molecular complexity index is 813. The van der Waals surface area contributed by atoms with Gasteiger partial charge in [-0.05, 0) is 17.7 Å².